The van der Waals surface area contributed by atoms with Crippen LogP contribution in [-0.4, -0.2) is 88.7 Å². The summed E-state index contributed by atoms with van der Waals surface area (Å²) in [6, 6.07) is 4.13. The van der Waals surface area contributed by atoms with Gasteiger partial charge in [-0.1, -0.05) is 0 Å². The Morgan fingerprint density at radius 3 is 2.54 bits per heavy atom. The molecule has 0 atom stereocenters. The summed E-state index contributed by atoms with van der Waals surface area (Å²) < 4.78 is 52.4. The molecule has 3 aliphatic heterocycles. The number of hydrogen-bond acceptors (Lipinski definition) is 8. The number of piperidine rings is 1. The summed E-state index contributed by atoms with van der Waals surface area (Å²) in [5.74, 6) is 0.830. The van der Waals surface area contributed by atoms with Crippen molar-refractivity contribution in [3.8, 4) is 5.75 Å². The highest BCUT2D eigenvalue weighted by atomic mass is 19.4. The zero-order chi connectivity index (χ0) is 28.1. The Balaban J connectivity index is 1.12. The monoisotopic (exact) mass is 571 g/mol. The summed E-state index contributed by atoms with van der Waals surface area (Å²) in [6.07, 6.45) is 0.614. The third kappa shape index (κ3) is 5.16. The van der Waals surface area contributed by atoms with Gasteiger partial charge in [0.1, 0.15) is 17.2 Å². The van der Waals surface area contributed by atoms with E-state index in [0.717, 1.165) is 63.7 Å². The van der Waals surface area contributed by atoms with Crippen molar-refractivity contribution in [1.29, 1.82) is 0 Å². The maximum absolute atomic E-state index is 13.7. The van der Waals surface area contributed by atoms with E-state index >= 15 is 0 Å². The smallest absolute Gasteiger partial charge is 0.418 e. The summed E-state index contributed by atoms with van der Waals surface area (Å²) in [4.78, 5) is 29.4. The minimum absolute atomic E-state index is 0.00150. The first-order valence-corrected chi connectivity index (χ1v) is 14.2. The number of benzene rings is 1. The highest BCUT2D eigenvalue weighted by molar-refractivity contribution is 5.98. The molecule has 4 aliphatic rings. The van der Waals surface area contributed by atoms with Gasteiger partial charge in [0.15, 0.2) is 0 Å². The van der Waals surface area contributed by atoms with Crippen molar-refractivity contribution in [2.24, 2.45) is 0 Å². The number of carbonyl (C=O) groups excluding carboxylic acids is 1. The Morgan fingerprint density at radius 1 is 1.02 bits per heavy atom. The van der Waals surface area contributed by atoms with E-state index in [-0.39, 0.29) is 34.7 Å². The third-order valence-electron chi connectivity index (χ3n) is 8.40. The van der Waals surface area contributed by atoms with Crippen LogP contribution >= 0.6 is 0 Å². The third-order valence-corrected chi connectivity index (χ3v) is 8.40. The van der Waals surface area contributed by atoms with Crippen LogP contribution in [0.4, 0.5) is 30.6 Å². The maximum atomic E-state index is 13.7. The molecule has 1 amide bonds. The van der Waals surface area contributed by atoms with E-state index in [1.54, 1.807) is 12.1 Å². The molecule has 2 saturated heterocycles. The highest BCUT2D eigenvalue weighted by Crippen LogP contribution is 2.41. The fourth-order valence-corrected chi connectivity index (χ4v) is 6.10. The van der Waals surface area contributed by atoms with E-state index in [1.165, 1.54) is 0 Å². The van der Waals surface area contributed by atoms with Gasteiger partial charge in [-0.3, -0.25) is 9.69 Å². The summed E-state index contributed by atoms with van der Waals surface area (Å²) in [6.45, 7) is 5.27. The van der Waals surface area contributed by atoms with E-state index in [2.05, 4.69) is 30.5 Å². The van der Waals surface area contributed by atoms with Crippen LogP contribution in [0.2, 0.25) is 0 Å². The average molecular weight is 572 g/mol. The predicted molar refractivity (Wildman–Crippen MR) is 146 cm³/mol. The Kier molecular flexibility index (Phi) is 6.65. The number of carbonyl (C=O) groups is 1. The molecule has 41 heavy (non-hydrogen) atoms. The Labute approximate surface area is 234 Å². The van der Waals surface area contributed by atoms with Gasteiger partial charge < -0.3 is 30.0 Å². The van der Waals surface area contributed by atoms with E-state index in [1.807, 2.05) is 4.90 Å². The lowest BCUT2D eigenvalue weighted by molar-refractivity contribution is -0.136. The number of anilines is 3. The van der Waals surface area contributed by atoms with Crippen molar-refractivity contribution in [3.63, 3.8) is 0 Å². The minimum atomic E-state index is -4.54. The number of halogens is 3. The highest BCUT2D eigenvalue weighted by Gasteiger charge is 2.37. The van der Waals surface area contributed by atoms with Crippen LogP contribution in [0.25, 0.3) is 11.0 Å². The molecule has 1 saturated carbocycles. The van der Waals surface area contributed by atoms with Gasteiger partial charge in [0.2, 0.25) is 5.95 Å². The zero-order valence-corrected chi connectivity index (χ0v) is 22.5. The van der Waals surface area contributed by atoms with Crippen LogP contribution < -0.4 is 15.4 Å². The van der Waals surface area contributed by atoms with Crippen molar-refractivity contribution >= 4 is 34.4 Å². The van der Waals surface area contributed by atoms with Crippen LogP contribution in [0.3, 0.4) is 0 Å². The second kappa shape index (κ2) is 10.4. The summed E-state index contributed by atoms with van der Waals surface area (Å²) in [5.41, 5.74) is 1.30. The van der Waals surface area contributed by atoms with Gasteiger partial charge in [-0.05, 0) is 37.8 Å². The van der Waals surface area contributed by atoms with Crippen molar-refractivity contribution in [2.75, 3.05) is 56.6 Å². The molecule has 3 fully saturated rings. The number of nitrogens with one attached hydrogen (secondary N) is 3. The SMILES string of the molecule is O=C(c1ccc(Nc2nc(NC3CC3)c3c(C(F)(F)F)c[nH]c3n2)c2c1CCO2)N1CCC(N2CCOCC2)CC1. The number of alkyl halides is 3. The standard InChI is InChI=1S/C28H32F3N7O3/c29-28(30,31)20-15-32-24-22(20)25(33-16-1-2-16)36-27(35-24)34-21-4-3-19(18-7-12-41-23(18)21)26(39)38-8-5-17(6-9-38)37-10-13-40-14-11-37/h3-4,15-17H,1-2,5-14H2,(H3,32,33,34,35,36). The molecule has 0 bridgehead atoms. The van der Waals surface area contributed by atoms with E-state index in [0.29, 0.717) is 49.2 Å². The number of rotatable bonds is 6. The molecule has 13 heteroatoms. The van der Waals surface area contributed by atoms with Crippen molar-refractivity contribution in [2.45, 2.75) is 50.4 Å². The number of morpholine rings is 1. The van der Waals surface area contributed by atoms with Crippen LogP contribution in [0.15, 0.2) is 18.3 Å². The molecule has 218 valence electrons. The number of H-pyrrole nitrogens is 1. The molecular weight excluding hydrogens is 539 g/mol. The van der Waals surface area contributed by atoms with Crippen LogP contribution in [0.5, 0.6) is 5.75 Å². The molecular formula is C28H32F3N7O3. The summed E-state index contributed by atoms with van der Waals surface area (Å²) in [7, 11) is 0. The van der Waals surface area contributed by atoms with Gasteiger partial charge in [0.05, 0.1) is 36.5 Å². The van der Waals surface area contributed by atoms with Crippen LogP contribution in [0.1, 0.15) is 47.2 Å². The number of fused-ring (bicyclic) bond motifs is 2. The van der Waals surface area contributed by atoms with Crippen molar-refractivity contribution < 1.29 is 27.4 Å². The fraction of sp³-hybridized carbons (Fsp3) is 0.536. The Hall–Kier alpha value is -3.58. The van der Waals surface area contributed by atoms with Crippen LogP contribution in [-0.2, 0) is 17.3 Å². The van der Waals surface area contributed by atoms with Crippen molar-refractivity contribution in [1.82, 2.24) is 24.8 Å². The molecule has 7 rings (SSSR count). The van der Waals surface area contributed by atoms with E-state index in [9.17, 15) is 18.0 Å². The first-order valence-electron chi connectivity index (χ1n) is 14.2. The quantitative estimate of drug-likeness (QED) is 0.405. The second-order valence-electron chi connectivity index (χ2n) is 11.1. The molecule has 2 aromatic heterocycles. The number of hydrogen-bond donors (Lipinski definition) is 3. The molecule has 0 radical (unpaired) electrons. The lowest BCUT2D eigenvalue weighted by Gasteiger charge is -2.40. The van der Waals surface area contributed by atoms with Crippen LogP contribution in [0, 0.1) is 0 Å². The van der Waals surface area contributed by atoms with E-state index in [4.69, 9.17) is 9.47 Å². The van der Waals surface area contributed by atoms with Gasteiger partial charge in [-0.25, -0.2) is 0 Å². The minimum Gasteiger partial charge on any atom is -0.491 e. The fourth-order valence-electron chi connectivity index (χ4n) is 6.10. The number of nitrogens with zero attached hydrogens (tertiary/aromatic N) is 4. The van der Waals surface area contributed by atoms with Gasteiger partial charge >= 0.3 is 6.18 Å². The normalized spacial score (nSPS) is 20.2. The van der Waals surface area contributed by atoms with Crippen molar-refractivity contribution in [3.05, 3.63) is 35.0 Å². The van der Waals surface area contributed by atoms with Gasteiger partial charge in [0.25, 0.3) is 5.91 Å². The predicted octanol–water partition coefficient (Wildman–Crippen LogP) is 4.17. The number of likely N-dealkylation sites (tertiary alicyclic amines) is 1. The van der Waals surface area contributed by atoms with Gasteiger partial charge in [-0.15, -0.1) is 0 Å². The largest absolute Gasteiger partial charge is 0.491 e. The summed E-state index contributed by atoms with van der Waals surface area (Å²) in [5, 5.41) is 6.18. The Bertz CT molecular complexity index is 1460. The molecule has 3 aromatic rings. The number of aromatic nitrogens is 3. The first-order chi connectivity index (χ1) is 19.8. The number of ether oxygens (including phenoxy) is 2. The topological polar surface area (TPSA) is 108 Å². The average Bonchev–Trinajstić information content (AvgIpc) is 3.45. The summed E-state index contributed by atoms with van der Waals surface area (Å²) >= 11 is 0. The lowest BCUT2D eigenvalue weighted by atomic mass is 9.99. The lowest BCUT2D eigenvalue weighted by Crippen LogP contribution is -2.50. The van der Waals surface area contributed by atoms with Gasteiger partial charge in [-0.2, -0.15) is 23.1 Å². The molecule has 1 aliphatic carbocycles. The molecule has 5 heterocycles. The number of amides is 1. The van der Waals surface area contributed by atoms with Gasteiger partial charge in [0, 0.05) is 62.0 Å². The first kappa shape index (κ1) is 26.3. The maximum Gasteiger partial charge on any atom is 0.418 e. The Morgan fingerprint density at radius 2 is 1.80 bits per heavy atom. The number of aromatic amines is 1. The molecule has 0 spiro atoms. The molecule has 1 aromatic carbocycles. The zero-order valence-electron chi connectivity index (χ0n) is 22.5. The second-order valence-corrected chi connectivity index (χ2v) is 11.1. The molecule has 0 unspecified atom stereocenters. The van der Waals surface area contributed by atoms with E-state index < -0.39 is 11.7 Å². The molecule has 10 nitrogen and oxygen atoms in total. The molecule has 3 N–H and O–H groups in total.